The highest BCUT2D eigenvalue weighted by Gasteiger charge is 2.38. The van der Waals surface area contributed by atoms with Crippen LogP contribution in [0.3, 0.4) is 0 Å². The molecule has 1 aromatic heterocycles. The molecule has 2 aromatic rings. The first-order chi connectivity index (χ1) is 14.8. The third-order valence-electron chi connectivity index (χ3n) is 5.66. The Morgan fingerprint density at radius 3 is 2.52 bits per heavy atom. The number of aliphatic carboxylic acids is 1. The van der Waals surface area contributed by atoms with Crippen molar-refractivity contribution in [1.29, 1.82) is 0 Å². The van der Waals surface area contributed by atoms with Gasteiger partial charge in [-0.05, 0) is 31.4 Å². The molecule has 168 valence electrons. The molecular weight excluding hydrogens is 430 g/mol. The summed E-state index contributed by atoms with van der Waals surface area (Å²) in [6, 6.07) is 5.83. The lowest BCUT2D eigenvalue weighted by molar-refractivity contribution is -0.152. The molecule has 10 nitrogen and oxygen atoms in total. The third-order valence-corrected chi connectivity index (χ3v) is 5.89. The van der Waals surface area contributed by atoms with E-state index < -0.39 is 18.0 Å². The van der Waals surface area contributed by atoms with Gasteiger partial charge in [-0.15, -0.1) is 0 Å². The lowest BCUT2D eigenvalue weighted by Crippen LogP contribution is -2.51. The van der Waals surface area contributed by atoms with E-state index in [1.165, 1.54) is 0 Å². The molecule has 1 aromatic carbocycles. The molecule has 3 N–H and O–H groups in total. The van der Waals surface area contributed by atoms with E-state index in [-0.39, 0.29) is 24.8 Å². The van der Waals surface area contributed by atoms with Crippen molar-refractivity contribution in [1.82, 2.24) is 9.88 Å². The summed E-state index contributed by atoms with van der Waals surface area (Å²) in [6.45, 7) is 1.49. The number of carbonyl (C=O) groups is 3. The second-order valence-electron chi connectivity index (χ2n) is 7.56. The minimum absolute atomic E-state index is 0.0258. The summed E-state index contributed by atoms with van der Waals surface area (Å²) in [5.41, 5.74) is 1.37. The molecule has 1 amide bonds. The van der Waals surface area contributed by atoms with Gasteiger partial charge in [0.25, 0.3) is 12.5 Å². The van der Waals surface area contributed by atoms with Crippen LogP contribution in [0.4, 0.5) is 6.01 Å². The van der Waals surface area contributed by atoms with Gasteiger partial charge in [0.1, 0.15) is 11.4 Å². The molecule has 2 fully saturated rings. The molecular formula is C20H24ClN3O7. The second-order valence-corrected chi connectivity index (χ2v) is 8.00. The number of oxazole rings is 1. The quantitative estimate of drug-likeness (QED) is 0.591. The number of carboxylic acid groups (broad SMARTS) is 2. The number of rotatable bonds is 3. The van der Waals surface area contributed by atoms with Crippen LogP contribution in [0, 0.1) is 11.8 Å². The van der Waals surface area contributed by atoms with Crippen molar-refractivity contribution in [3.05, 3.63) is 23.2 Å². The molecule has 0 aliphatic carbocycles. The van der Waals surface area contributed by atoms with Gasteiger partial charge in [0, 0.05) is 43.2 Å². The predicted molar refractivity (Wildman–Crippen MR) is 111 cm³/mol. The number of amides is 1. The highest BCUT2D eigenvalue weighted by atomic mass is 35.5. The summed E-state index contributed by atoms with van der Waals surface area (Å²) in [5, 5.41) is 26.5. The van der Waals surface area contributed by atoms with Gasteiger partial charge < -0.3 is 29.5 Å². The predicted octanol–water partition coefficient (Wildman–Crippen LogP) is 1.69. The molecule has 0 bridgehead atoms. The minimum Gasteiger partial charge on any atom is -0.483 e. The number of likely N-dealkylation sites (tertiary alicyclic amines) is 1. The fraction of sp³-hybridized carbons (Fsp3) is 0.500. The number of piperidine rings is 2. The molecule has 0 spiro atoms. The summed E-state index contributed by atoms with van der Waals surface area (Å²) in [5.74, 6) is -2.15. The van der Waals surface area contributed by atoms with Gasteiger partial charge in [0.15, 0.2) is 5.58 Å². The van der Waals surface area contributed by atoms with Gasteiger partial charge >= 0.3 is 5.97 Å². The van der Waals surface area contributed by atoms with Gasteiger partial charge in [-0.25, -0.2) is 0 Å². The van der Waals surface area contributed by atoms with Gasteiger partial charge in [0.05, 0.1) is 6.10 Å². The molecule has 3 heterocycles. The Morgan fingerprint density at radius 1 is 1.19 bits per heavy atom. The van der Waals surface area contributed by atoms with Crippen LogP contribution >= 0.6 is 11.6 Å². The number of carboxylic acids is 1. The number of nitrogens with zero attached hydrogens (tertiary/aromatic N) is 3. The first kappa shape index (κ1) is 22.8. The highest BCUT2D eigenvalue weighted by Crippen LogP contribution is 2.29. The van der Waals surface area contributed by atoms with Crippen molar-refractivity contribution in [2.24, 2.45) is 11.8 Å². The molecule has 2 saturated heterocycles. The van der Waals surface area contributed by atoms with E-state index in [0.717, 1.165) is 5.52 Å². The lowest BCUT2D eigenvalue weighted by atomic mass is 9.91. The van der Waals surface area contributed by atoms with Crippen LogP contribution in [-0.4, -0.2) is 75.8 Å². The van der Waals surface area contributed by atoms with E-state index in [0.29, 0.717) is 55.5 Å². The van der Waals surface area contributed by atoms with Crippen LogP contribution in [0.15, 0.2) is 22.6 Å². The average molecular weight is 454 g/mol. The van der Waals surface area contributed by atoms with Crippen molar-refractivity contribution in [2.75, 3.05) is 31.1 Å². The topological polar surface area (TPSA) is 144 Å². The van der Waals surface area contributed by atoms with Crippen LogP contribution in [0.2, 0.25) is 5.02 Å². The largest absolute Gasteiger partial charge is 0.483 e. The van der Waals surface area contributed by atoms with Crippen molar-refractivity contribution in [2.45, 2.75) is 25.4 Å². The van der Waals surface area contributed by atoms with E-state index >= 15 is 0 Å². The van der Waals surface area contributed by atoms with Gasteiger partial charge in [-0.2, -0.15) is 4.98 Å². The van der Waals surface area contributed by atoms with E-state index in [1.54, 1.807) is 17.0 Å². The van der Waals surface area contributed by atoms with Crippen molar-refractivity contribution < 1.29 is 34.1 Å². The number of aliphatic hydroxyl groups is 1. The molecule has 31 heavy (non-hydrogen) atoms. The number of carbonyl (C=O) groups excluding carboxylic acids is 1. The number of fused-ring (bicyclic) bond motifs is 1. The first-order valence-corrected chi connectivity index (χ1v) is 10.3. The Morgan fingerprint density at radius 2 is 1.87 bits per heavy atom. The van der Waals surface area contributed by atoms with Crippen LogP contribution in [-0.2, 0) is 14.4 Å². The summed E-state index contributed by atoms with van der Waals surface area (Å²) in [4.78, 5) is 40.6. The minimum atomic E-state index is -1.06. The molecule has 2 aliphatic rings. The van der Waals surface area contributed by atoms with Gasteiger partial charge in [-0.1, -0.05) is 11.6 Å². The van der Waals surface area contributed by atoms with E-state index in [9.17, 15) is 19.8 Å². The fourth-order valence-corrected chi connectivity index (χ4v) is 4.14. The van der Waals surface area contributed by atoms with Crippen LogP contribution in [0.5, 0.6) is 0 Å². The van der Waals surface area contributed by atoms with Gasteiger partial charge in [0.2, 0.25) is 5.91 Å². The molecule has 0 saturated carbocycles. The number of hydrogen-bond acceptors (Lipinski definition) is 7. The Balaban J connectivity index is 0.000000858. The smallest absolute Gasteiger partial charge is 0.310 e. The molecule has 11 heteroatoms. The zero-order chi connectivity index (χ0) is 22.5. The van der Waals surface area contributed by atoms with Gasteiger partial charge in [-0.3, -0.25) is 14.4 Å². The lowest BCUT2D eigenvalue weighted by Gasteiger charge is -2.38. The summed E-state index contributed by atoms with van der Waals surface area (Å²) < 4.78 is 5.79. The summed E-state index contributed by atoms with van der Waals surface area (Å²) in [7, 11) is 0. The molecule has 0 radical (unpaired) electrons. The van der Waals surface area contributed by atoms with Crippen LogP contribution in [0.1, 0.15) is 19.3 Å². The summed E-state index contributed by atoms with van der Waals surface area (Å²) >= 11 is 5.98. The second kappa shape index (κ2) is 9.97. The van der Waals surface area contributed by atoms with Crippen molar-refractivity contribution >= 4 is 47.1 Å². The molecule has 2 aliphatic heterocycles. The van der Waals surface area contributed by atoms with Crippen LogP contribution < -0.4 is 4.90 Å². The Kier molecular flexibility index (Phi) is 7.34. The number of anilines is 1. The fourth-order valence-electron chi connectivity index (χ4n) is 3.98. The highest BCUT2D eigenvalue weighted by molar-refractivity contribution is 6.31. The average Bonchev–Trinajstić information content (AvgIpc) is 3.17. The monoisotopic (exact) mass is 453 g/mol. The third kappa shape index (κ3) is 5.26. The molecule has 2 atom stereocenters. The standard InChI is InChI=1S/C19H22ClN3O5.CH2O2/c20-12-1-2-14-16(9-12)28-19(21-14)22-6-3-11(4-7-22)17(25)23-8-5-15(24)13(10-23)18(26)27;2-1-3/h1-2,9,11,13,15,24H,3-8,10H2,(H,26,27);1H,(H,2,3)/t13-,15-;/m1./s1. The maximum Gasteiger partial charge on any atom is 0.310 e. The SMILES string of the molecule is O=C(O)[C@@H]1CN(C(=O)C2CCN(c3nc4ccc(Cl)cc4o3)CC2)CC[C@H]1O.O=CO. The zero-order valence-electron chi connectivity index (χ0n) is 16.7. The van der Waals surface area contributed by atoms with E-state index in [1.807, 2.05) is 11.0 Å². The number of hydrogen-bond donors (Lipinski definition) is 3. The van der Waals surface area contributed by atoms with Crippen molar-refractivity contribution in [3.8, 4) is 0 Å². The van der Waals surface area contributed by atoms with Crippen molar-refractivity contribution in [3.63, 3.8) is 0 Å². The molecule has 0 unspecified atom stereocenters. The van der Waals surface area contributed by atoms with E-state index in [4.69, 9.17) is 25.9 Å². The Labute approximate surface area is 183 Å². The van der Waals surface area contributed by atoms with Crippen LogP contribution in [0.25, 0.3) is 11.1 Å². The number of benzene rings is 1. The Hall–Kier alpha value is -2.85. The number of aliphatic hydroxyl groups excluding tert-OH is 1. The number of halogens is 1. The Bertz CT molecular complexity index is 942. The first-order valence-electron chi connectivity index (χ1n) is 9.92. The number of aromatic nitrogens is 1. The normalized spacial score (nSPS) is 22.0. The zero-order valence-corrected chi connectivity index (χ0v) is 17.4. The summed E-state index contributed by atoms with van der Waals surface area (Å²) in [6.07, 6.45) is 0.702. The maximum absolute atomic E-state index is 12.8. The van der Waals surface area contributed by atoms with E-state index in [2.05, 4.69) is 4.98 Å². The maximum atomic E-state index is 12.8. The molecule has 4 rings (SSSR count).